The molecular weight excluding hydrogens is 219 g/mol. The SMILES string of the molecule is CC(Cn1ccnc1)Nc1ccc(F)cc1N. The molecule has 2 aromatic rings. The Morgan fingerprint density at radius 2 is 2.35 bits per heavy atom. The van der Waals surface area contributed by atoms with Crippen molar-refractivity contribution in [2.45, 2.75) is 19.5 Å². The van der Waals surface area contributed by atoms with E-state index in [-0.39, 0.29) is 11.9 Å². The number of nitrogen functional groups attached to an aromatic ring is 1. The second kappa shape index (κ2) is 4.86. The van der Waals surface area contributed by atoms with Crippen LogP contribution in [-0.2, 0) is 6.54 Å². The van der Waals surface area contributed by atoms with Crippen LogP contribution in [0, 0.1) is 5.82 Å². The van der Waals surface area contributed by atoms with Crippen molar-refractivity contribution in [3.05, 3.63) is 42.7 Å². The fraction of sp³-hybridized carbons (Fsp3) is 0.250. The Morgan fingerprint density at radius 1 is 1.53 bits per heavy atom. The van der Waals surface area contributed by atoms with Gasteiger partial charge in [-0.15, -0.1) is 0 Å². The number of imidazole rings is 1. The molecule has 0 fully saturated rings. The van der Waals surface area contributed by atoms with Gasteiger partial charge in [-0.05, 0) is 25.1 Å². The monoisotopic (exact) mass is 234 g/mol. The molecule has 0 spiro atoms. The molecular formula is C12H15FN4. The number of anilines is 2. The van der Waals surface area contributed by atoms with Crippen LogP contribution in [0.3, 0.4) is 0 Å². The van der Waals surface area contributed by atoms with E-state index < -0.39 is 0 Å². The highest BCUT2D eigenvalue weighted by Crippen LogP contribution is 2.20. The zero-order chi connectivity index (χ0) is 12.3. The standard InChI is InChI=1S/C12H15FN4/c1-9(7-17-5-4-15-8-17)16-12-3-2-10(13)6-11(12)14/h2-6,8-9,16H,7,14H2,1H3. The second-order valence-electron chi connectivity index (χ2n) is 4.04. The maximum atomic E-state index is 12.9. The van der Waals surface area contributed by atoms with Gasteiger partial charge in [0.2, 0.25) is 0 Å². The van der Waals surface area contributed by atoms with E-state index in [0.717, 1.165) is 12.2 Å². The topological polar surface area (TPSA) is 55.9 Å². The van der Waals surface area contributed by atoms with Gasteiger partial charge in [-0.3, -0.25) is 0 Å². The van der Waals surface area contributed by atoms with Crippen LogP contribution in [0.2, 0.25) is 0 Å². The van der Waals surface area contributed by atoms with Crippen molar-refractivity contribution in [2.75, 3.05) is 11.1 Å². The van der Waals surface area contributed by atoms with Gasteiger partial charge in [0.15, 0.2) is 0 Å². The minimum absolute atomic E-state index is 0.178. The predicted octanol–water partition coefficient (Wildman–Crippen LogP) is 2.10. The molecule has 0 saturated heterocycles. The lowest BCUT2D eigenvalue weighted by molar-refractivity contribution is 0.616. The molecule has 17 heavy (non-hydrogen) atoms. The first-order valence-corrected chi connectivity index (χ1v) is 5.42. The van der Waals surface area contributed by atoms with Crippen molar-refractivity contribution < 1.29 is 4.39 Å². The van der Waals surface area contributed by atoms with Gasteiger partial charge in [-0.1, -0.05) is 0 Å². The fourth-order valence-corrected chi connectivity index (χ4v) is 1.69. The van der Waals surface area contributed by atoms with Gasteiger partial charge >= 0.3 is 0 Å². The molecule has 1 aromatic heterocycles. The van der Waals surface area contributed by atoms with E-state index in [9.17, 15) is 4.39 Å². The molecule has 0 amide bonds. The molecule has 0 aliphatic heterocycles. The van der Waals surface area contributed by atoms with Crippen LogP contribution in [0.1, 0.15) is 6.92 Å². The Bertz CT molecular complexity index is 481. The molecule has 90 valence electrons. The normalized spacial score (nSPS) is 12.4. The fourth-order valence-electron chi connectivity index (χ4n) is 1.69. The zero-order valence-electron chi connectivity index (χ0n) is 9.60. The maximum Gasteiger partial charge on any atom is 0.125 e. The predicted molar refractivity (Wildman–Crippen MR) is 66.1 cm³/mol. The van der Waals surface area contributed by atoms with E-state index in [1.165, 1.54) is 12.1 Å². The van der Waals surface area contributed by atoms with Crippen molar-refractivity contribution in [1.82, 2.24) is 9.55 Å². The molecule has 1 aromatic carbocycles. The highest BCUT2D eigenvalue weighted by molar-refractivity contribution is 5.66. The van der Waals surface area contributed by atoms with Crippen LogP contribution in [0.15, 0.2) is 36.9 Å². The Kier molecular flexibility index (Phi) is 3.27. The number of halogens is 1. The van der Waals surface area contributed by atoms with Crippen molar-refractivity contribution >= 4 is 11.4 Å². The molecule has 0 saturated carbocycles. The van der Waals surface area contributed by atoms with Gasteiger partial charge in [-0.2, -0.15) is 0 Å². The van der Waals surface area contributed by atoms with Crippen molar-refractivity contribution in [2.24, 2.45) is 0 Å². The van der Waals surface area contributed by atoms with E-state index in [1.54, 1.807) is 18.6 Å². The zero-order valence-corrected chi connectivity index (χ0v) is 9.60. The first-order valence-electron chi connectivity index (χ1n) is 5.42. The van der Waals surface area contributed by atoms with Crippen LogP contribution in [0.25, 0.3) is 0 Å². The number of aromatic nitrogens is 2. The Balaban J connectivity index is 2.00. The third-order valence-electron chi connectivity index (χ3n) is 2.46. The molecule has 0 aliphatic rings. The number of hydrogen-bond acceptors (Lipinski definition) is 3. The minimum Gasteiger partial charge on any atom is -0.397 e. The summed E-state index contributed by atoms with van der Waals surface area (Å²) < 4.78 is 14.8. The average Bonchev–Trinajstić information content (AvgIpc) is 2.75. The first kappa shape index (κ1) is 11.4. The van der Waals surface area contributed by atoms with E-state index in [1.807, 2.05) is 17.7 Å². The summed E-state index contributed by atoms with van der Waals surface area (Å²) in [6.07, 6.45) is 5.39. The summed E-state index contributed by atoms with van der Waals surface area (Å²) in [5.74, 6) is -0.324. The quantitative estimate of drug-likeness (QED) is 0.796. The number of nitrogens with one attached hydrogen (secondary N) is 1. The minimum atomic E-state index is -0.324. The van der Waals surface area contributed by atoms with Gasteiger partial charge in [0, 0.05) is 25.0 Å². The Labute approximate surface area is 99.3 Å². The third kappa shape index (κ3) is 2.96. The number of nitrogens with zero attached hydrogens (tertiary/aromatic N) is 2. The molecule has 0 radical (unpaired) electrons. The van der Waals surface area contributed by atoms with Crippen molar-refractivity contribution in [3.63, 3.8) is 0 Å². The van der Waals surface area contributed by atoms with Crippen LogP contribution >= 0.6 is 0 Å². The maximum absolute atomic E-state index is 12.9. The largest absolute Gasteiger partial charge is 0.397 e. The van der Waals surface area contributed by atoms with Gasteiger partial charge in [-0.25, -0.2) is 9.37 Å². The van der Waals surface area contributed by atoms with Crippen LogP contribution in [0.4, 0.5) is 15.8 Å². The number of benzene rings is 1. The highest BCUT2D eigenvalue weighted by Gasteiger charge is 2.06. The molecule has 1 atom stereocenters. The van der Waals surface area contributed by atoms with Crippen molar-refractivity contribution in [3.8, 4) is 0 Å². The summed E-state index contributed by atoms with van der Waals surface area (Å²) in [5.41, 5.74) is 6.89. The van der Waals surface area contributed by atoms with Gasteiger partial charge < -0.3 is 15.6 Å². The molecule has 1 unspecified atom stereocenters. The van der Waals surface area contributed by atoms with E-state index in [2.05, 4.69) is 10.3 Å². The van der Waals surface area contributed by atoms with Crippen LogP contribution < -0.4 is 11.1 Å². The summed E-state index contributed by atoms with van der Waals surface area (Å²) in [4.78, 5) is 3.97. The van der Waals surface area contributed by atoms with Gasteiger partial charge in [0.25, 0.3) is 0 Å². The number of hydrogen-bond donors (Lipinski definition) is 2. The highest BCUT2D eigenvalue weighted by atomic mass is 19.1. The van der Waals surface area contributed by atoms with E-state index >= 15 is 0 Å². The summed E-state index contributed by atoms with van der Waals surface area (Å²) in [5, 5.41) is 3.24. The number of rotatable bonds is 4. The van der Waals surface area contributed by atoms with E-state index in [4.69, 9.17) is 5.73 Å². The lowest BCUT2D eigenvalue weighted by atomic mass is 10.2. The van der Waals surface area contributed by atoms with Crippen molar-refractivity contribution in [1.29, 1.82) is 0 Å². The molecule has 1 heterocycles. The Hall–Kier alpha value is -2.04. The molecule has 0 bridgehead atoms. The summed E-state index contributed by atoms with van der Waals surface area (Å²) in [6.45, 7) is 2.81. The average molecular weight is 234 g/mol. The number of nitrogens with two attached hydrogens (primary N) is 1. The smallest absolute Gasteiger partial charge is 0.125 e. The summed E-state index contributed by atoms with van der Waals surface area (Å²) in [6, 6.07) is 4.53. The van der Waals surface area contributed by atoms with Gasteiger partial charge in [0.05, 0.1) is 17.7 Å². The molecule has 0 aliphatic carbocycles. The van der Waals surface area contributed by atoms with Crippen LogP contribution in [0.5, 0.6) is 0 Å². The summed E-state index contributed by atoms with van der Waals surface area (Å²) >= 11 is 0. The molecule has 5 heteroatoms. The summed E-state index contributed by atoms with van der Waals surface area (Å²) in [7, 11) is 0. The van der Waals surface area contributed by atoms with E-state index in [0.29, 0.717) is 5.69 Å². The lowest BCUT2D eigenvalue weighted by Gasteiger charge is -2.17. The van der Waals surface area contributed by atoms with Crippen LogP contribution in [-0.4, -0.2) is 15.6 Å². The Morgan fingerprint density at radius 3 is 3.00 bits per heavy atom. The third-order valence-corrected chi connectivity index (χ3v) is 2.46. The molecule has 3 N–H and O–H groups in total. The second-order valence-corrected chi connectivity index (χ2v) is 4.04. The lowest BCUT2D eigenvalue weighted by Crippen LogP contribution is -2.21. The molecule has 4 nitrogen and oxygen atoms in total. The first-order chi connectivity index (χ1) is 8.15. The van der Waals surface area contributed by atoms with Gasteiger partial charge in [0.1, 0.15) is 5.82 Å². The molecule has 2 rings (SSSR count).